The predicted molar refractivity (Wildman–Crippen MR) is 71.8 cm³/mol. The third kappa shape index (κ3) is 3.64. The van der Waals surface area contributed by atoms with Crippen LogP contribution in [0.3, 0.4) is 0 Å². The average Bonchev–Trinajstić information content (AvgIpc) is 2.37. The first-order chi connectivity index (χ1) is 8.98. The van der Waals surface area contributed by atoms with Gasteiger partial charge >= 0.3 is 0 Å². The highest BCUT2D eigenvalue weighted by atomic mass is 19.1. The molecular formula is C13H18FN3O2. The minimum atomic E-state index is -0.594. The summed E-state index contributed by atoms with van der Waals surface area (Å²) in [6.45, 7) is 4.75. The molecule has 0 spiro atoms. The topological polar surface area (TPSA) is 67.2 Å². The van der Waals surface area contributed by atoms with Crippen molar-refractivity contribution < 1.29 is 9.31 Å². The van der Waals surface area contributed by atoms with Gasteiger partial charge in [0.15, 0.2) is 0 Å². The maximum atomic E-state index is 13.3. The summed E-state index contributed by atoms with van der Waals surface area (Å²) in [5.74, 6) is -0.594. The van der Waals surface area contributed by atoms with Crippen LogP contribution < -0.4 is 10.6 Å². The SMILES string of the molecule is CC1(CNc2cc(F)cc([N+](=O)[O-])c2)CCCNC1. The molecule has 5 nitrogen and oxygen atoms in total. The molecule has 1 aromatic rings. The van der Waals surface area contributed by atoms with E-state index in [2.05, 4.69) is 17.6 Å². The lowest BCUT2D eigenvalue weighted by molar-refractivity contribution is -0.385. The predicted octanol–water partition coefficient (Wildman–Crippen LogP) is 2.54. The number of nitrogens with one attached hydrogen (secondary N) is 2. The quantitative estimate of drug-likeness (QED) is 0.650. The highest BCUT2D eigenvalue weighted by molar-refractivity contribution is 5.51. The fraction of sp³-hybridized carbons (Fsp3) is 0.538. The van der Waals surface area contributed by atoms with Crippen molar-refractivity contribution >= 4 is 11.4 Å². The van der Waals surface area contributed by atoms with E-state index < -0.39 is 10.7 Å². The summed E-state index contributed by atoms with van der Waals surface area (Å²) in [7, 11) is 0. The van der Waals surface area contributed by atoms with Gasteiger partial charge in [-0.2, -0.15) is 0 Å². The lowest BCUT2D eigenvalue weighted by Gasteiger charge is -2.34. The van der Waals surface area contributed by atoms with Gasteiger partial charge in [-0.15, -0.1) is 0 Å². The van der Waals surface area contributed by atoms with E-state index in [0.717, 1.165) is 32.0 Å². The molecule has 1 aliphatic rings. The molecule has 1 atom stereocenters. The molecule has 1 fully saturated rings. The maximum absolute atomic E-state index is 13.3. The number of rotatable bonds is 4. The van der Waals surface area contributed by atoms with Crippen molar-refractivity contribution in [1.29, 1.82) is 0 Å². The van der Waals surface area contributed by atoms with Gasteiger partial charge in [-0.05, 0) is 30.9 Å². The van der Waals surface area contributed by atoms with Crippen molar-refractivity contribution in [2.75, 3.05) is 25.0 Å². The number of nitro groups is 1. The second-order valence-corrected chi connectivity index (χ2v) is 5.40. The lowest BCUT2D eigenvalue weighted by Crippen LogP contribution is -2.42. The second kappa shape index (κ2) is 5.52. The number of benzene rings is 1. The number of halogens is 1. The molecule has 1 aliphatic heterocycles. The van der Waals surface area contributed by atoms with Crippen LogP contribution in [0.1, 0.15) is 19.8 Å². The van der Waals surface area contributed by atoms with E-state index in [9.17, 15) is 14.5 Å². The fourth-order valence-electron chi connectivity index (χ4n) is 2.37. The van der Waals surface area contributed by atoms with Crippen molar-refractivity contribution in [3.05, 3.63) is 34.1 Å². The summed E-state index contributed by atoms with van der Waals surface area (Å²) in [4.78, 5) is 10.1. The highest BCUT2D eigenvalue weighted by Gasteiger charge is 2.26. The van der Waals surface area contributed by atoms with Crippen LogP contribution in [0, 0.1) is 21.3 Å². The van der Waals surface area contributed by atoms with Gasteiger partial charge in [0, 0.05) is 24.8 Å². The number of non-ortho nitro benzene ring substituents is 1. The first-order valence-electron chi connectivity index (χ1n) is 6.38. The van der Waals surface area contributed by atoms with Gasteiger partial charge in [-0.3, -0.25) is 10.1 Å². The Morgan fingerprint density at radius 1 is 1.53 bits per heavy atom. The highest BCUT2D eigenvalue weighted by Crippen LogP contribution is 2.27. The molecule has 0 bridgehead atoms. The summed E-state index contributed by atoms with van der Waals surface area (Å²) in [5.41, 5.74) is 0.326. The first kappa shape index (κ1) is 13.7. The Bertz CT molecular complexity index is 473. The van der Waals surface area contributed by atoms with Gasteiger partial charge in [0.05, 0.1) is 11.0 Å². The van der Waals surface area contributed by atoms with Crippen LogP contribution in [0.5, 0.6) is 0 Å². The fourth-order valence-corrected chi connectivity index (χ4v) is 2.37. The molecule has 0 radical (unpaired) electrons. The van der Waals surface area contributed by atoms with Gasteiger partial charge in [-0.25, -0.2) is 4.39 Å². The van der Waals surface area contributed by atoms with Crippen molar-refractivity contribution in [1.82, 2.24) is 5.32 Å². The van der Waals surface area contributed by atoms with E-state index in [-0.39, 0.29) is 11.1 Å². The molecule has 0 aromatic heterocycles. The molecule has 1 unspecified atom stereocenters. The molecule has 6 heteroatoms. The number of nitro benzene ring substituents is 1. The molecule has 2 rings (SSSR count). The average molecular weight is 267 g/mol. The molecular weight excluding hydrogens is 249 g/mol. The van der Waals surface area contributed by atoms with E-state index in [1.54, 1.807) is 0 Å². The zero-order chi connectivity index (χ0) is 13.9. The molecule has 0 aliphatic carbocycles. The second-order valence-electron chi connectivity index (χ2n) is 5.40. The number of hydrogen-bond donors (Lipinski definition) is 2. The van der Waals surface area contributed by atoms with E-state index in [0.29, 0.717) is 12.2 Å². The maximum Gasteiger partial charge on any atom is 0.274 e. The molecule has 0 amide bonds. The minimum absolute atomic E-state index is 0.0966. The van der Waals surface area contributed by atoms with Crippen LogP contribution in [-0.4, -0.2) is 24.6 Å². The van der Waals surface area contributed by atoms with E-state index in [4.69, 9.17) is 0 Å². The molecule has 2 N–H and O–H groups in total. The summed E-state index contributed by atoms with van der Waals surface area (Å²) < 4.78 is 13.3. The summed E-state index contributed by atoms with van der Waals surface area (Å²) in [6, 6.07) is 3.57. The molecule has 1 aromatic carbocycles. The Kier molecular flexibility index (Phi) is 3.99. The van der Waals surface area contributed by atoms with Crippen molar-refractivity contribution in [3.63, 3.8) is 0 Å². The number of piperidine rings is 1. The third-order valence-electron chi connectivity index (χ3n) is 3.50. The molecule has 0 saturated carbocycles. The number of hydrogen-bond acceptors (Lipinski definition) is 4. The Morgan fingerprint density at radius 2 is 2.32 bits per heavy atom. The van der Waals surface area contributed by atoms with Crippen molar-refractivity contribution in [2.24, 2.45) is 5.41 Å². The Morgan fingerprint density at radius 3 is 2.95 bits per heavy atom. The van der Waals surface area contributed by atoms with Crippen LogP contribution in [0.25, 0.3) is 0 Å². The molecule has 1 heterocycles. The molecule has 19 heavy (non-hydrogen) atoms. The van der Waals surface area contributed by atoms with Gasteiger partial charge in [0.2, 0.25) is 0 Å². The first-order valence-corrected chi connectivity index (χ1v) is 6.38. The smallest absolute Gasteiger partial charge is 0.274 e. The van der Waals surface area contributed by atoms with Gasteiger partial charge in [0.25, 0.3) is 5.69 Å². The normalized spacial score (nSPS) is 23.1. The Labute approximate surface area is 111 Å². The van der Waals surface area contributed by atoms with Gasteiger partial charge in [0.1, 0.15) is 5.82 Å². The van der Waals surface area contributed by atoms with Crippen LogP contribution >= 0.6 is 0 Å². The van der Waals surface area contributed by atoms with E-state index >= 15 is 0 Å². The Hall–Kier alpha value is -1.69. The zero-order valence-electron chi connectivity index (χ0n) is 10.9. The summed E-state index contributed by atoms with van der Waals surface area (Å²) in [6.07, 6.45) is 2.20. The largest absolute Gasteiger partial charge is 0.384 e. The van der Waals surface area contributed by atoms with Crippen LogP contribution in [0.2, 0.25) is 0 Å². The van der Waals surface area contributed by atoms with Crippen LogP contribution in [-0.2, 0) is 0 Å². The third-order valence-corrected chi connectivity index (χ3v) is 3.50. The number of nitrogens with zero attached hydrogens (tertiary/aromatic N) is 1. The van der Waals surface area contributed by atoms with Crippen molar-refractivity contribution in [2.45, 2.75) is 19.8 Å². The molecule has 1 saturated heterocycles. The minimum Gasteiger partial charge on any atom is -0.384 e. The van der Waals surface area contributed by atoms with Crippen LogP contribution in [0.15, 0.2) is 18.2 Å². The van der Waals surface area contributed by atoms with Crippen molar-refractivity contribution in [3.8, 4) is 0 Å². The lowest BCUT2D eigenvalue weighted by atomic mass is 9.83. The molecule has 104 valence electrons. The summed E-state index contributed by atoms with van der Waals surface area (Å²) in [5, 5.41) is 17.1. The van der Waals surface area contributed by atoms with E-state index in [1.165, 1.54) is 12.1 Å². The van der Waals surface area contributed by atoms with Gasteiger partial charge in [-0.1, -0.05) is 6.92 Å². The summed E-state index contributed by atoms with van der Waals surface area (Å²) >= 11 is 0. The van der Waals surface area contributed by atoms with E-state index in [1.807, 2.05) is 0 Å². The van der Waals surface area contributed by atoms with Gasteiger partial charge < -0.3 is 10.6 Å². The monoisotopic (exact) mass is 267 g/mol. The zero-order valence-corrected chi connectivity index (χ0v) is 10.9. The number of anilines is 1. The Balaban J connectivity index is 2.04. The van der Waals surface area contributed by atoms with Crippen LogP contribution in [0.4, 0.5) is 15.8 Å². The standard InChI is InChI=1S/C13H18FN3O2/c1-13(3-2-4-15-8-13)9-16-11-5-10(14)6-12(7-11)17(18)19/h5-7,15-16H,2-4,8-9H2,1H3.